The minimum atomic E-state index is -0.274. The largest absolute Gasteiger partial charge is 0.454 e. The number of hydrogen-bond acceptors (Lipinski definition) is 5. The fourth-order valence-corrected chi connectivity index (χ4v) is 2.68. The van der Waals surface area contributed by atoms with Gasteiger partial charge in [0.2, 0.25) is 12.7 Å². The topological polar surface area (TPSA) is 90.7 Å². The van der Waals surface area contributed by atoms with E-state index in [1.165, 1.54) is 0 Å². The molecule has 7 heteroatoms. The lowest BCUT2D eigenvalue weighted by atomic mass is 9.99. The van der Waals surface area contributed by atoms with E-state index in [1.807, 2.05) is 32.0 Å². The second-order valence-electron chi connectivity index (χ2n) is 6.08. The molecule has 3 rings (SSSR count). The van der Waals surface area contributed by atoms with Crippen LogP contribution in [0.2, 0.25) is 0 Å². The summed E-state index contributed by atoms with van der Waals surface area (Å²) >= 11 is 0. The summed E-state index contributed by atoms with van der Waals surface area (Å²) in [7, 11) is 0. The van der Waals surface area contributed by atoms with Gasteiger partial charge in [0.25, 0.3) is 0 Å². The normalized spacial score (nSPS) is 11.6. The number of anilines is 2. The number of carbonyl (C=O) groups excluding carboxylic acids is 2. The summed E-state index contributed by atoms with van der Waals surface area (Å²) in [5.41, 5.74) is 9.34. The van der Waals surface area contributed by atoms with Gasteiger partial charge in [-0.2, -0.15) is 0 Å². The van der Waals surface area contributed by atoms with Crippen LogP contribution in [-0.4, -0.2) is 18.5 Å². The van der Waals surface area contributed by atoms with Crippen LogP contribution in [0.3, 0.4) is 0 Å². The molecule has 0 bridgehead atoms. The van der Waals surface area contributed by atoms with Gasteiger partial charge in [-0.3, -0.25) is 9.59 Å². The van der Waals surface area contributed by atoms with E-state index >= 15 is 0 Å². The Labute approximate surface area is 158 Å². The molecule has 2 aromatic carbocycles. The number of aryl methyl sites for hydroxylation is 2. The van der Waals surface area contributed by atoms with E-state index in [4.69, 9.17) is 15.2 Å². The first-order chi connectivity index (χ1) is 11.9. The van der Waals surface area contributed by atoms with Gasteiger partial charge >= 0.3 is 0 Å². The second-order valence-corrected chi connectivity index (χ2v) is 6.08. The van der Waals surface area contributed by atoms with Crippen molar-refractivity contribution in [1.29, 1.82) is 0 Å². The molecule has 0 atom stereocenters. The number of carbonyl (C=O) groups is 2. The van der Waals surface area contributed by atoms with Gasteiger partial charge in [0, 0.05) is 30.5 Å². The van der Waals surface area contributed by atoms with Crippen LogP contribution in [0.5, 0.6) is 11.5 Å². The van der Waals surface area contributed by atoms with Crippen molar-refractivity contribution in [2.45, 2.75) is 26.7 Å². The van der Waals surface area contributed by atoms with Crippen LogP contribution in [0.1, 0.15) is 34.3 Å². The minimum Gasteiger partial charge on any atom is -0.454 e. The molecule has 0 fully saturated rings. The van der Waals surface area contributed by atoms with E-state index < -0.39 is 0 Å². The average molecular weight is 377 g/mol. The molecule has 0 saturated heterocycles. The van der Waals surface area contributed by atoms with E-state index in [1.54, 1.807) is 12.1 Å². The molecule has 1 amide bonds. The number of nitrogens with one attached hydrogen (secondary N) is 1. The molecular formula is C19H21ClN2O4. The molecule has 0 unspecified atom stereocenters. The van der Waals surface area contributed by atoms with Crippen molar-refractivity contribution >= 4 is 35.5 Å². The van der Waals surface area contributed by atoms with Gasteiger partial charge < -0.3 is 20.5 Å². The molecule has 0 saturated carbocycles. The Morgan fingerprint density at radius 1 is 1.08 bits per heavy atom. The number of rotatable bonds is 5. The maximum absolute atomic E-state index is 12.4. The number of amides is 1. The molecule has 1 aliphatic heterocycles. The molecule has 26 heavy (non-hydrogen) atoms. The summed E-state index contributed by atoms with van der Waals surface area (Å²) in [6.07, 6.45) is 0.223. The first kappa shape index (κ1) is 19.6. The minimum absolute atomic E-state index is 0. The number of ketones is 1. The number of nitrogens with two attached hydrogens (primary N) is 1. The number of ether oxygens (including phenoxy) is 2. The predicted octanol–water partition coefficient (Wildman–Crippen LogP) is 3.64. The zero-order valence-electron chi connectivity index (χ0n) is 14.6. The van der Waals surface area contributed by atoms with Gasteiger partial charge in [-0.25, -0.2) is 0 Å². The third-order valence-electron chi connectivity index (χ3n) is 4.09. The Morgan fingerprint density at radius 3 is 2.50 bits per heavy atom. The van der Waals surface area contributed by atoms with Gasteiger partial charge in [-0.1, -0.05) is 17.7 Å². The highest BCUT2D eigenvalue weighted by Gasteiger charge is 2.18. The quantitative estimate of drug-likeness (QED) is 0.614. The summed E-state index contributed by atoms with van der Waals surface area (Å²) in [6.45, 7) is 3.96. The maximum atomic E-state index is 12.4. The van der Waals surface area contributed by atoms with Gasteiger partial charge in [0.15, 0.2) is 17.3 Å². The molecule has 0 radical (unpaired) electrons. The van der Waals surface area contributed by atoms with Gasteiger partial charge in [0.1, 0.15) is 0 Å². The van der Waals surface area contributed by atoms with Gasteiger partial charge in [0.05, 0.1) is 11.4 Å². The second kappa shape index (κ2) is 8.10. The zero-order chi connectivity index (χ0) is 18.0. The smallest absolute Gasteiger partial charge is 0.231 e. The number of benzene rings is 2. The molecule has 0 aliphatic carbocycles. The van der Waals surface area contributed by atoms with Crippen LogP contribution in [0.15, 0.2) is 30.3 Å². The molecule has 1 heterocycles. The third kappa shape index (κ3) is 4.26. The number of fused-ring (bicyclic) bond motifs is 1. The van der Waals surface area contributed by atoms with E-state index in [0.29, 0.717) is 28.4 Å². The fourth-order valence-electron chi connectivity index (χ4n) is 2.68. The van der Waals surface area contributed by atoms with Crippen molar-refractivity contribution in [3.05, 3.63) is 47.0 Å². The molecule has 3 N–H and O–H groups in total. The van der Waals surface area contributed by atoms with Crippen LogP contribution in [0.4, 0.5) is 11.4 Å². The highest BCUT2D eigenvalue weighted by atomic mass is 35.5. The Kier molecular flexibility index (Phi) is 6.10. The van der Waals surface area contributed by atoms with E-state index in [2.05, 4.69) is 5.32 Å². The summed E-state index contributed by atoms with van der Waals surface area (Å²) < 4.78 is 10.5. The van der Waals surface area contributed by atoms with Crippen LogP contribution < -0.4 is 20.5 Å². The number of hydrogen-bond donors (Lipinski definition) is 2. The number of Topliss-reactive ketones (excluding diaryl/α,β-unsaturated/α-hetero) is 1. The molecule has 0 spiro atoms. The molecule has 138 valence electrons. The monoisotopic (exact) mass is 376 g/mol. The molecular weight excluding hydrogens is 356 g/mol. The number of halogens is 1. The molecule has 6 nitrogen and oxygen atoms in total. The van der Waals surface area contributed by atoms with Crippen molar-refractivity contribution in [2.24, 2.45) is 0 Å². The summed E-state index contributed by atoms with van der Waals surface area (Å²) in [4.78, 5) is 24.5. The van der Waals surface area contributed by atoms with Crippen LogP contribution in [-0.2, 0) is 4.79 Å². The third-order valence-corrected chi connectivity index (χ3v) is 4.09. The highest BCUT2D eigenvalue weighted by molar-refractivity contribution is 6.01. The van der Waals surface area contributed by atoms with E-state index in [-0.39, 0.29) is 43.7 Å². The van der Waals surface area contributed by atoms with Gasteiger partial charge in [-0.05, 0) is 25.5 Å². The van der Waals surface area contributed by atoms with Crippen LogP contribution in [0.25, 0.3) is 0 Å². The van der Waals surface area contributed by atoms with Crippen LogP contribution in [0, 0.1) is 13.8 Å². The van der Waals surface area contributed by atoms with Crippen LogP contribution >= 0.6 is 12.4 Å². The molecule has 2 aromatic rings. The van der Waals surface area contributed by atoms with E-state index in [0.717, 1.165) is 11.1 Å². The lowest BCUT2D eigenvalue weighted by Gasteiger charge is -2.10. The SMILES string of the molecule is Cc1ccc(C)c(C(=O)CCC(=O)Nc2cc3c(cc2N)OCO3)c1.Cl. The average Bonchev–Trinajstić information content (AvgIpc) is 3.02. The Hall–Kier alpha value is -2.73. The maximum Gasteiger partial charge on any atom is 0.231 e. The molecule has 0 aromatic heterocycles. The summed E-state index contributed by atoms with van der Waals surface area (Å²) in [6, 6.07) is 8.96. The Bertz CT molecular complexity index is 852. The van der Waals surface area contributed by atoms with E-state index in [9.17, 15) is 9.59 Å². The summed E-state index contributed by atoms with van der Waals surface area (Å²) in [5.74, 6) is 0.774. The van der Waals surface area contributed by atoms with Crippen molar-refractivity contribution in [3.63, 3.8) is 0 Å². The van der Waals surface area contributed by atoms with Crippen molar-refractivity contribution in [2.75, 3.05) is 17.8 Å². The zero-order valence-corrected chi connectivity index (χ0v) is 15.4. The lowest BCUT2D eigenvalue weighted by Crippen LogP contribution is -2.15. The Balaban J connectivity index is 0.00000243. The first-order valence-electron chi connectivity index (χ1n) is 8.03. The standard InChI is InChI=1S/C19H20N2O4.ClH/c1-11-3-4-12(2)13(7-11)16(22)5-6-19(23)21-15-9-18-17(8-14(15)20)24-10-25-18;/h3-4,7-9H,5-6,10,20H2,1-2H3,(H,21,23);1H. The summed E-state index contributed by atoms with van der Waals surface area (Å²) in [5, 5.41) is 2.72. The lowest BCUT2D eigenvalue weighted by molar-refractivity contribution is -0.116. The first-order valence-corrected chi connectivity index (χ1v) is 8.03. The number of nitrogen functional groups attached to an aromatic ring is 1. The molecule has 1 aliphatic rings. The highest BCUT2D eigenvalue weighted by Crippen LogP contribution is 2.38. The fraction of sp³-hybridized carbons (Fsp3) is 0.263. The van der Waals surface area contributed by atoms with Crippen molar-refractivity contribution < 1.29 is 19.1 Å². The Morgan fingerprint density at radius 2 is 1.77 bits per heavy atom. The van der Waals surface area contributed by atoms with Crippen molar-refractivity contribution in [1.82, 2.24) is 0 Å². The predicted molar refractivity (Wildman–Crippen MR) is 102 cm³/mol. The van der Waals surface area contributed by atoms with Crippen molar-refractivity contribution in [3.8, 4) is 11.5 Å². The van der Waals surface area contributed by atoms with Gasteiger partial charge in [-0.15, -0.1) is 12.4 Å².